The van der Waals surface area contributed by atoms with E-state index in [1.54, 1.807) is 0 Å². The van der Waals surface area contributed by atoms with Gasteiger partial charge in [0.1, 0.15) is 17.7 Å². The summed E-state index contributed by atoms with van der Waals surface area (Å²) in [6.07, 6.45) is 1.86. The van der Waals surface area contributed by atoms with E-state index in [2.05, 4.69) is 27.4 Å². The Balaban J connectivity index is 2.17. The second-order valence-electron chi connectivity index (χ2n) is 4.72. The molecule has 1 saturated heterocycles. The summed E-state index contributed by atoms with van der Waals surface area (Å²) in [7, 11) is 0. The van der Waals surface area contributed by atoms with Gasteiger partial charge in [0, 0.05) is 19.6 Å². The molecule has 1 aliphatic heterocycles. The van der Waals surface area contributed by atoms with Gasteiger partial charge in [0.05, 0.1) is 0 Å². The Labute approximate surface area is 114 Å². The van der Waals surface area contributed by atoms with Gasteiger partial charge >= 0.3 is 0 Å². The number of amides is 1. The van der Waals surface area contributed by atoms with Crippen molar-refractivity contribution in [3.8, 4) is 0 Å². The second kappa shape index (κ2) is 6.41. The molecular formula is C14H22N4O. The Kier molecular flexibility index (Phi) is 4.60. The number of nitrogens with zero attached hydrogens (tertiary/aromatic N) is 2. The van der Waals surface area contributed by atoms with Crippen molar-refractivity contribution in [2.45, 2.75) is 32.7 Å². The monoisotopic (exact) mass is 262 g/mol. The first kappa shape index (κ1) is 13.6. The average Bonchev–Trinajstić information content (AvgIpc) is 2.45. The summed E-state index contributed by atoms with van der Waals surface area (Å²) in [5.41, 5.74) is 0. The van der Waals surface area contributed by atoms with E-state index >= 15 is 0 Å². The van der Waals surface area contributed by atoms with Crippen LogP contribution in [-0.4, -0.2) is 36.6 Å². The third-order valence-electron chi connectivity index (χ3n) is 3.30. The molecule has 1 atom stereocenters. The van der Waals surface area contributed by atoms with Gasteiger partial charge in [0.15, 0.2) is 0 Å². The van der Waals surface area contributed by atoms with Gasteiger partial charge in [-0.2, -0.15) is 0 Å². The molecule has 1 unspecified atom stereocenters. The van der Waals surface area contributed by atoms with Crippen molar-refractivity contribution in [3.05, 3.63) is 18.2 Å². The molecule has 1 amide bonds. The molecule has 5 heteroatoms. The molecule has 0 aliphatic carbocycles. The first-order chi connectivity index (χ1) is 9.26. The molecule has 1 aromatic rings. The van der Waals surface area contributed by atoms with E-state index in [-0.39, 0.29) is 11.9 Å². The Morgan fingerprint density at radius 1 is 1.47 bits per heavy atom. The Morgan fingerprint density at radius 3 is 3.05 bits per heavy atom. The van der Waals surface area contributed by atoms with Gasteiger partial charge in [0.2, 0.25) is 5.91 Å². The molecule has 0 saturated carbocycles. The molecule has 2 rings (SSSR count). The maximum atomic E-state index is 11.9. The van der Waals surface area contributed by atoms with E-state index in [1.807, 2.05) is 25.1 Å². The number of rotatable bonds is 5. The van der Waals surface area contributed by atoms with Crippen molar-refractivity contribution < 1.29 is 4.79 Å². The van der Waals surface area contributed by atoms with Crippen LogP contribution in [0.1, 0.15) is 26.7 Å². The molecule has 2 N–H and O–H groups in total. The summed E-state index contributed by atoms with van der Waals surface area (Å²) >= 11 is 0. The van der Waals surface area contributed by atoms with Crippen LogP contribution in [-0.2, 0) is 4.79 Å². The number of nitrogens with one attached hydrogen (secondary N) is 2. The number of hydrogen-bond acceptors (Lipinski definition) is 4. The Morgan fingerprint density at radius 2 is 2.32 bits per heavy atom. The lowest BCUT2D eigenvalue weighted by Gasteiger charge is -2.35. The van der Waals surface area contributed by atoms with Crippen LogP contribution in [0.3, 0.4) is 0 Å². The van der Waals surface area contributed by atoms with E-state index < -0.39 is 0 Å². The summed E-state index contributed by atoms with van der Waals surface area (Å²) in [4.78, 5) is 18.6. The average molecular weight is 262 g/mol. The topological polar surface area (TPSA) is 57.3 Å². The van der Waals surface area contributed by atoms with E-state index in [4.69, 9.17) is 0 Å². The number of carbonyl (C=O) groups is 1. The maximum Gasteiger partial charge on any atom is 0.242 e. The number of piperazine rings is 1. The highest BCUT2D eigenvalue weighted by atomic mass is 16.2. The predicted molar refractivity (Wildman–Crippen MR) is 77.5 cm³/mol. The van der Waals surface area contributed by atoms with Gasteiger partial charge < -0.3 is 15.5 Å². The fourth-order valence-corrected chi connectivity index (χ4v) is 2.33. The molecule has 0 aromatic carbocycles. The van der Waals surface area contributed by atoms with Crippen molar-refractivity contribution in [1.82, 2.24) is 10.3 Å². The minimum absolute atomic E-state index is 0.0995. The molecule has 0 radical (unpaired) electrons. The summed E-state index contributed by atoms with van der Waals surface area (Å²) in [5.74, 6) is 1.85. The first-order valence-electron chi connectivity index (χ1n) is 7.01. The van der Waals surface area contributed by atoms with Gasteiger partial charge in [0.25, 0.3) is 0 Å². The van der Waals surface area contributed by atoms with E-state index in [0.717, 1.165) is 37.6 Å². The fraction of sp³-hybridized carbons (Fsp3) is 0.571. The lowest BCUT2D eigenvalue weighted by molar-refractivity contribution is -0.123. The fourth-order valence-electron chi connectivity index (χ4n) is 2.33. The normalized spacial score (nSPS) is 19.2. The summed E-state index contributed by atoms with van der Waals surface area (Å²) < 4.78 is 0. The molecule has 0 spiro atoms. The van der Waals surface area contributed by atoms with Crippen LogP contribution >= 0.6 is 0 Å². The quantitative estimate of drug-likeness (QED) is 0.846. The van der Waals surface area contributed by atoms with Crippen LogP contribution in [0.25, 0.3) is 0 Å². The van der Waals surface area contributed by atoms with Crippen LogP contribution in [0.15, 0.2) is 18.2 Å². The highest BCUT2D eigenvalue weighted by molar-refractivity contribution is 5.86. The van der Waals surface area contributed by atoms with Crippen LogP contribution < -0.4 is 15.5 Å². The summed E-state index contributed by atoms with van der Waals surface area (Å²) in [5, 5.41) is 6.19. The summed E-state index contributed by atoms with van der Waals surface area (Å²) in [6.45, 7) is 6.56. The number of hydrogen-bond donors (Lipinski definition) is 2. The summed E-state index contributed by atoms with van der Waals surface area (Å²) in [6, 6.07) is 5.81. The van der Waals surface area contributed by atoms with E-state index in [9.17, 15) is 4.79 Å². The van der Waals surface area contributed by atoms with Crippen LogP contribution in [0.2, 0.25) is 0 Å². The van der Waals surface area contributed by atoms with Gasteiger partial charge in [-0.05, 0) is 25.0 Å². The van der Waals surface area contributed by atoms with Gasteiger partial charge in [-0.25, -0.2) is 4.98 Å². The van der Waals surface area contributed by atoms with Gasteiger partial charge in [-0.1, -0.05) is 19.9 Å². The highest BCUT2D eigenvalue weighted by Crippen LogP contribution is 2.20. The Hall–Kier alpha value is -1.78. The number of aromatic nitrogens is 1. The van der Waals surface area contributed by atoms with Crippen LogP contribution in [0, 0.1) is 0 Å². The minimum atomic E-state index is -0.109. The van der Waals surface area contributed by atoms with Crippen molar-refractivity contribution in [3.63, 3.8) is 0 Å². The molecule has 0 bridgehead atoms. The smallest absolute Gasteiger partial charge is 0.242 e. The zero-order chi connectivity index (χ0) is 13.7. The van der Waals surface area contributed by atoms with Gasteiger partial charge in [-0.3, -0.25) is 4.79 Å². The molecule has 104 valence electrons. The van der Waals surface area contributed by atoms with Crippen molar-refractivity contribution >= 4 is 17.5 Å². The lowest BCUT2D eigenvalue weighted by Crippen LogP contribution is -2.55. The second-order valence-corrected chi connectivity index (χ2v) is 4.72. The van der Waals surface area contributed by atoms with Crippen molar-refractivity contribution in [1.29, 1.82) is 0 Å². The highest BCUT2D eigenvalue weighted by Gasteiger charge is 2.28. The minimum Gasteiger partial charge on any atom is -0.370 e. The zero-order valence-electron chi connectivity index (χ0n) is 11.6. The standard InChI is InChI=1S/C14H22N4O/c1-3-8-15-12-6-5-7-13(17-12)18-10-9-16-14(19)11(18)4-2/h5-7,11H,3-4,8-10H2,1-2H3,(H,15,17)(H,16,19). The maximum absolute atomic E-state index is 11.9. The molecule has 19 heavy (non-hydrogen) atoms. The van der Waals surface area contributed by atoms with Crippen molar-refractivity contribution in [2.75, 3.05) is 29.9 Å². The lowest BCUT2D eigenvalue weighted by atomic mass is 10.1. The zero-order valence-corrected chi connectivity index (χ0v) is 11.6. The molecule has 2 heterocycles. The number of anilines is 2. The molecular weight excluding hydrogens is 240 g/mol. The van der Waals surface area contributed by atoms with E-state index in [1.165, 1.54) is 0 Å². The first-order valence-corrected chi connectivity index (χ1v) is 7.01. The number of carbonyl (C=O) groups excluding carboxylic acids is 1. The SMILES string of the molecule is CCCNc1cccc(N2CCNC(=O)C2CC)n1. The van der Waals surface area contributed by atoms with Gasteiger partial charge in [-0.15, -0.1) is 0 Å². The third-order valence-corrected chi connectivity index (χ3v) is 3.30. The molecule has 5 nitrogen and oxygen atoms in total. The van der Waals surface area contributed by atoms with E-state index in [0.29, 0.717) is 6.54 Å². The molecule has 1 aliphatic rings. The molecule has 1 aromatic heterocycles. The van der Waals surface area contributed by atoms with Crippen LogP contribution in [0.4, 0.5) is 11.6 Å². The molecule has 1 fully saturated rings. The number of pyridine rings is 1. The Bertz CT molecular complexity index is 435. The van der Waals surface area contributed by atoms with Crippen LogP contribution in [0.5, 0.6) is 0 Å². The largest absolute Gasteiger partial charge is 0.370 e. The third kappa shape index (κ3) is 3.16. The van der Waals surface area contributed by atoms with Crippen molar-refractivity contribution in [2.24, 2.45) is 0 Å². The predicted octanol–water partition coefficient (Wildman–Crippen LogP) is 1.62.